The molecule has 0 spiro atoms. The average Bonchev–Trinajstić information content (AvgIpc) is 1.80. The maximum Gasteiger partial charge on any atom is 0.345 e. The summed E-state index contributed by atoms with van der Waals surface area (Å²) in [6.07, 6.45) is 0. The highest BCUT2D eigenvalue weighted by Crippen LogP contribution is 1.92. The zero-order valence-electron chi connectivity index (χ0n) is 4.98. The Labute approximate surface area is 52.8 Å². The molecule has 0 aliphatic carbocycles. The molecule has 9 heavy (non-hydrogen) atoms. The SMILES string of the molecule is [CH2]COCCOC(F)F. The van der Waals surface area contributed by atoms with Crippen LogP contribution >= 0.6 is 0 Å². The first kappa shape index (κ1) is 8.78. The second-order valence-corrected chi connectivity index (χ2v) is 1.24. The molecule has 0 heterocycles. The molecule has 0 N–H and O–H groups in total. The van der Waals surface area contributed by atoms with E-state index in [-0.39, 0.29) is 19.8 Å². The Balaban J connectivity index is 2.75. The van der Waals surface area contributed by atoms with Gasteiger partial charge in [0.15, 0.2) is 0 Å². The molecule has 0 aromatic heterocycles. The summed E-state index contributed by atoms with van der Waals surface area (Å²) in [5.41, 5.74) is 0. The van der Waals surface area contributed by atoms with E-state index in [0.29, 0.717) is 0 Å². The molecular weight excluding hydrogens is 130 g/mol. The molecule has 0 atom stereocenters. The van der Waals surface area contributed by atoms with Crippen molar-refractivity contribution in [3.63, 3.8) is 0 Å². The Kier molecular flexibility index (Phi) is 5.76. The fourth-order valence-corrected chi connectivity index (χ4v) is 0.298. The molecule has 0 amide bonds. The molecule has 55 valence electrons. The van der Waals surface area contributed by atoms with E-state index >= 15 is 0 Å². The van der Waals surface area contributed by atoms with Crippen molar-refractivity contribution >= 4 is 0 Å². The summed E-state index contributed by atoms with van der Waals surface area (Å²) in [7, 11) is 0. The maximum absolute atomic E-state index is 11.2. The molecule has 0 aromatic rings. The molecule has 1 radical (unpaired) electrons. The van der Waals surface area contributed by atoms with E-state index in [1.807, 2.05) is 0 Å². The van der Waals surface area contributed by atoms with Crippen LogP contribution in [0.1, 0.15) is 0 Å². The topological polar surface area (TPSA) is 18.5 Å². The molecule has 0 fully saturated rings. The van der Waals surface area contributed by atoms with Crippen LogP contribution in [0.4, 0.5) is 8.78 Å². The minimum Gasteiger partial charge on any atom is -0.379 e. The van der Waals surface area contributed by atoms with Gasteiger partial charge in [0.1, 0.15) is 0 Å². The van der Waals surface area contributed by atoms with Gasteiger partial charge in [0.25, 0.3) is 0 Å². The van der Waals surface area contributed by atoms with Crippen LogP contribution in [0.5, 0.6) is 0 Å². The van der Waals surface area contributed by atoms with E-state index in [0.717, 1.165) is 0 Å². The third kappa shape index (κ3) is 7.78. The van der Waals surface area contributed by atoms with E-state index in [4.69, 9.17) is 0 Å². The summed E-state index contributed by atoms with van der Waals surface area (Å²) < 4.78 is 30.8. The molecule has 0 unspecified atom stereocenters. The number of hydrogen-bond acceptors (Lipinski definition) is 2. The fourth-order valence-electron chi connectivity index (χ4n) is 0.298. The minimum atomic E-state index is -2.70. The Morgan fingerprint density at radius 3 is 2.44 bits per heavy atom. The van der Waals surface area contributed by atoms with Crippen molar-refractivity contribution in [1.82, 2.24) is 0 Å². The predicted octanol–water partition coefficient (Wildman–Crippen LogP) is 1.08. The van der Waals surface area contributed by atoms with Crippen molar-refractivity contribution in [3.05, 3.63) is 6.92 Å². The van der Waals surface area contributed by atoms with Gasteiger partial charge >= 0.3 is 6.61 Å². The Hall–Kier alpha value is -0.220. The molecule has 0 saturated heterocycles. The van der Waals surface area contributed by atoms with Crippen LogP contribution in [0.3, 0.4) is 0 Å². The van der Waals surface area contributed by atoms with Crippen LogP contribution in [0.2, 0.25) is 0 Å². The van der Waals surface area contributed by atoms with Gasteiger partial charge in [-0.25, -0.2) is 0 Å². The number of halogens is 2. The molecule has 0 aliphatic heterocycles. The van der Waals surface area contributed by atoms with Crippen molar-refractivity contribution in [2.24, 2.45) is 0 Å². The summed E-state index contributed by atoms with van der Waals surface area (Å²) >= 11 is 0. The second-order valence-electron chi connectivity index (χ2n) is 1.24. The van der Waals surface area contributed by atoms with Crippen molar-refractivity contribution in [3.8, 4) is 0 Å². The molecule has 0 bridgehead atoms. The fraction of sp³-hybridized carbons (Fsp3) is 0.800. The van der Waals surface area contributed by atoms with Crippen LogP contribution in [0.15, 0.2) is 0 Å². The number of ether oxygens (including phenoxy) is 2. The first-order valence-corrected chi connectivity index (χ1v) is 2.54. The molecule has 0 aliphatic rings. The zero-order chi connectivity index (χ0) is 7.11. The number of rotatable bonds is 5. The van der Waals surface area contributed by atoms with Crippen LogP contribution in [-0.4, -0.2) is 26.4 Å². The highest BCUT2D eigenvalue weighted by molar-refractivity contribution is 4.31. The van der Waals surface area contributed by atoms with E-state index < -0.39 is 6.61 Å². The summed E-state index contributed by atoms with van der Waals surface area (Å²) in [6.45, 7) is 1.02. The monoisotopic (exact) mass is 139 g/mol. The molecule has 4 heteroatoms. The van der Waals surface area contributed by atoms with Gasteiger partial charge in [0.05, 0.1) is 13.2 Å². The lowest BCUT2D eigenvalue weighted by Gasteiger charge is -2.00. The van der Waals surface area contributed by atoms with Gasteiger partial charge in [-0.1, -0.05) is 0 Å². The van der Waals surface area contributed by atoms with Gasteiger partial charge in [0, 0.05) is 6.61 Å². The van der Waals surface area contributed by atoms with E-state index in [1.165, 1.54) is 0 Å². The smallest absolute Gasteiger partial charge is 0.345 e. The quantitative estimate of drug-likeness (QED) is 0.530. The van der Waals surface area contributed by atoms with Crippen LogP contribution in [0.25, 0.3) is 0 Å². The Bertz CT molecular complexity index is 58.9. The van der Waals surface area contributed by atoms with E-state index in [2.05, 4.69) is 16.4 Å². The maximum atomic E-state index is 11.2. The minimum absolute atomic E-state index is 0.0762. The predicted molar refractivity (Wildman–Crippen MR) is 28.1 cm³/mol. The zero-order valence-corrected chi connectivity index (χ0v) is 4.98. The third-order valence-electron chi connectivity index (χ3n) is 0.616. The van der Waals surface area contributed by atoms with E-state index in [9.17, 15) is 8.78 Å². The van der Waals surface area contributed by atoms with Crippen LogP contribution in [-0.2, 0) is 9.47 Å². The van der Waals surface area contributed by atoms with Gasteiger partial charge in [-0.3, -0.25) is 0 Å². The van der Waals surface area contributed by atoms with Crippen molar-refractivity contribution < 1.29 is 18.3 Å². The third-order valence-corrected chi connectivity index (χ3v) is 0.616. The van der Waals surface area contributed by atoms with Crippen molar-refractivity contribution in [2.45, 2.75) is 6.61 Å². The Morgan fingerprint density at radius 2 is 2.00 bits per heavy atom. The molecule has 2 nitrogen and oxygen atoms in total. The van der Waals surface area contributed by atoms with E-state index in [1.54, 1.807) is 0 Å². The van der Waals surface area contributed by atoms with Gasteiger partial charge in [-0.15, -0.1) is 0 Å². The van der Waals surface area contributed by atoms with Crippen LogP contribution in [0, 0.1) is 6.92 Å². The van der Waals surface area contributed by atoms with Gasteiger partial charge in [-0.2, -0.15) is 8.78 Å². The largest absolute Gasteiger partial charge is 0.379 e. The lowest BCUT2D eigenvalue weighted by atomic mass is 10.7. The molecule has 0 saturated carbocycles. The van der Waals surface area contributed by atoms with Crippen molar-refractivity contribution in [2.75, 3.05) is 19.8 Å². The first-order valence-electron chi connectivity index (χ1n) is 2.54. The molecule has 0 rings (SSSR count). The van der Waals surface area contributed by atoms with Gasteiger partial charge in [-0.05, 0) is 6.92 Å². The highest BCUT2D eigenvalue weighted by Gasteiger charge is 1.98. The summed E-state index contributed by atoms with van der Waals surface area (Å²) in [5, 5.41) is 0. The van der Waals surface area contributed by atoms with Crippen molar-refractivity contribution in [1.29, 1.82) is 0 Å². The number of alkyl halides is 2. The lowest BCUT2D eigenvalue weighted by molar-refractivity contribution is -0.138. The summed E-state index contributed by atoms with van der Waals surface area (Å²) in [6, 6.07) is 0. The normalized spacial score (nSPS) is 10.7. The first-order chi connectivity index (χ1) is 4.27. The summed E-state index contributed by atoms with van der Waals surface area (Å²) in [4.78, 5) is 0. The van der Waals surface area contributed by atoms with Crippen LogP contribution < -0.4 is 0 Å². The highest BCUT2D eigenvalue weighted by atomic mass is 19.3. The lowest BCUT2D eigenvalue weighted by Crippen LogP contribution is -2.07. The van der Waals surface area contributed by atoms with Gasteiger partial charge in [0.2, 0.25) is 0 Å². The van der Waals surface area contributed by atoms with Gasteiger partial charge < -0.3 is 9.47 Å². The average molecular weight is 139 g/mol. The number of hydrogen-bond donors (Lipinski definition) is 0. The second kappa shape index (κ2) is 5.91. The molecule has 0 aromatic carbocycles. The summed E-state index contributed by atoms with van der Waals surface area (Å²) in [5.74, 6) is 0. The standard InChI is InChI=1S/C5H9F2O2/c1-2-8-3-4-9-5(6)7/h5H,1-4H2. The Morgan fingerprint density at radius 1 is 1.33 bits per heavy atom. The molecular formula is C5H9F2O2.